The molecule has 33 heavy (non-hydrogen) atoms. The Labute approximate surface area is 189 Å². The van der Waals surface area contributed by atoms with Gasteiger partial charge in [-0.25, -0.2) is 4.98 Å². The van der Waals surface area contributed by atoms with E-state index >= 15 is 0 Å². The molecule has 0 amide bonds. The maximum absolute atomic E-state index is 13.5. The number of ether oxygens (including phenoxy) is 1. The summed E-state index contributed by atoms with van der Waals surface area (Å²) in [6.45, 7) is 2.45. The van der Waals surface area contributed by atoms with Crippen LogP contribution in [0.15, 0.2) is 47.5 Å². The Hall–Kier alpha value is -3.23. The Bertz CT molecular complexity index is 1500. The number of anilines is 1. The second-order valence-electron chi connectivity index (χ2n) is 10.3. The third kappa shape index (κ3) is 2.62. The highest BCUT2D eigenvalue weighted by Crippen LogP contribution is 2.48. The van der Waals surface area contributed by atoms with Gasteiger partial charge in [0.25, 0.3) is 5.56 Å². The first kappa shape index (κ1) is 19.3. The molecule has 5 heterocycles. The van der Waals surface area contributed by atoms with Gasteiger partial charge in [-0.2, -0.15) is 5.10 Å². The molecule has 8 nitrogen and oxygen atoms in total. The highest BCUT2D eigenvalue weighted by atomic mass is 16.5. The Balaban J connectivity index is 1.40. The average molecular weight is 444 g/mol. The minimum absolute atomic E-state index is 0.00294. The van der Waals surface area contributed by atoms with E-state index in [1.807, 2.05) is 52.7 Å². The zero-order chi connectivity index (χ0) is 22.5. The zero-order valence-electron chi connectivity index (χ0n) is 18.4. The number of nitrogens with two attached hydrogens (primary N) is 1. The summed E-state index contributed by atoms with van der Waals surface area (Å²) in [5.74, 6) is 0.410. The predicted molar refractivity (Wildman–Crippen MR) is 125 cm³/mol. The fraction of sp³-hybridized carbons (Fsp3) is 0.400. The van der Waals surface area contributed by atoms with Crippen LogP contribution in [0.3, 0.4) is 0 Å². The zero-order valence-corrected chi connectivity index (χ0v) is 18.4. The van der Waals surface area contributed by atoms with Crippen molar-refractivity contribution in [1.29, 1.82) is 0 Å². The molecule has 0 spiro atoms. The maximum atomic E-state index is 13.5. The number of hydrogen-bond donors (Lipinski definition) is 2. The molecule has 168 valence electrons. The van der Waals surface area contributed by atoms with Crippen molar-refractivity contribution >= 4 is 27.5 Å². The van der Waals surface area contributed by atoms with Crippen molar-refractivity contribution < 1.29 is 9.84 Å². The number of nitrogen functional groups attached to an aromatic ring is 1. The first-order valence-corrected chi connectivity index (χ1v) is 11.5. The minimum Gasteiger partial charge on any atom is -0.390 e. The van der Waals surface area contributed by atoms with E-state index in [1.165, 1.54) is 0 Å². The standard InChI is InChI=1S/C25H25N5O3/c1-24(32)9-16(10-24)30-19-4-6-27-22(26)20(19)21(28-30)15-3-2-14-5-7-29(23(31)18(14)8-15)25-11-17(12-25)33-13-25/h2-8,16-17,32H,9-13H2,1H3,(H2,26,27). The van der Waals surface area contributed by atoms with E-state index in [2.05, 4.69) is 4.98 Å². The van der Waals surface area contributed by atoms with E-state index in [1.54, 1.807) is 6.20 Å². The summed E-state index contributed by atoms with van der Waals surface area (Å²) in [6, 6.07) is 9.89. The van der Waals surface area contributed by atoms with E-state index in [-0.39, 0.29) is 23.2 Å². The Morgan fingerprint density at radius 1 is 1.18 bits per heavy atom. The van der Waals surface area contributed by atoms with Gasteiger partial charge in [-0.05, 0) is 56.2 Å². The van der Waals surface area contributed by atoms with Crippen LogP contribution in [0.5, 0.6) is 0 Å². The van der Waals surface area contributed by atoms with Crippen molar-refractivity contribution in [2.24, 2.45) is 0 Å². The molecule has 4 fully saturated rings. The summed E-state index contributed by atoms with van der Waals surface area (Å²) in [7, 11) is 0. The van der Waals surface area contributed by atoms with Gasteiger partial charge in [0.1, 0.15) is 11.5 Å². The molecule has 0 atom stereocenters. The molecular formula is C25H25N5O3. The highest BCUT2D eigenvalue weighted by molar-refractivity contribution is 6.01. The van der Waals surface area contributed by atoms with Crippen LogP contribution in [-0.4, -0.2) is 42.7 Å². The van der Waals surface area contributed by atoms with Crippen molar-refractivity contribution in [3.05, 3.63) is 53.1 Å². The quantitative estimate of drug-likeness (QED) is 0.504. The summed E-state index contributed by atoms with van der Waals surface area (Å²) in [5.41, 5.74) is 7.88. The number of aliphatic hydroxyl groups is 1. The third-order valence-electron chi connectivity index (χ3n) is 7.84. The normalized spacial score (nSPS) is 30.5. The first-order chi connectivity index (χ1) is 15.8. The molecule has 2 saturated heterocycles. The molecule has 8 heteroatoms. The molecule has 0 radical (unpaired) electrons. The van der Waals surface area contributed by atoms with Gasteiger partial charge in [0.05, 0.1) is 40.8 Å². The lowest BCUT2D eigenvalue weighted by molar-refractivity contribution is -0.0529. The van der Waals surface area contributed by atoms with Gasteiger partial charge in [-0.3, -0.25) is 9.48 Å². The Morgan fingerprint density at radius 3 is 2.73 bits per heavy atom. The van der Waals surface area contributed by atoms with Gasteiger partial charge in [0.2, 0.25) is 0 Å². The lowest BCUT2D eigenvalue weighted by Gasteiger charge is -2.41. The molecule has 2 aliphatic heterocycles. The molecule has 3 N–H and O–H groups in total. The molecule has 3 aromatic heterocycles. The van der Waals surface area contributed by atoms with Crippen molar-refractivity contribution in [1.82, 2.24) is 19.3 Å². The Kier molecular flexibility index (Phi) is 3.62. The van der Waals surface area contributed by atoms with Crippen LogP contribution in [0.4, 0.5) is 5.82 Å². The number of fused-ring (bicyclic) bond motifs is 3. The maximum Gasteiger partial charge on any atom is 0.259 e. The molecule has 1 aromatic carbocycles. The number of nitrogens with zero attached hydrogens (tertiary/aromatic N) is 4. The van der Waals surface area contributed by atoms with E-state index < -0.39 is 5.60 Å². The predicted octanol–water partition coefficient (Wildman–Crippen LogP) is 2.97. The van der Waals surface area contributed by atoms with Crippen molar-refractivity contribution in [2.75, 3.05) is 12.3 Å². The fourth-order valence-electron chi connectivity index (χ4n) is 6.04. The van der Waals surface area contributed by atoms with Crippen LogP contribution in [0.25, 0.3) is 32.9 Å². The molecule has 0 unspecified atom stereocenters. The molecule has 2 bridgehead atoms. The number of hydrogen-bond acceptors (Lipinski definition) is 6. The van der Waals surface area contributed by atoms with Gasteiger partial charge in [0.15, 0.2) is 0 Å². The second kappa shape index (κ2) is 6.21. The van der Waals surface area contributed by atoms with Crippen molar-refractivity contribution in [2.45, 2.75) is 55.9 Å². The summed E-state index contributed by atoms with van der Waals surface area (Å²) in [6.07, 6.45) is 6.96. The van der Waals surface area contributed by atoms with Gasteiger partial charge >= 0.3 is 0 Å². The monoisotopic (exact) mass is 443 g/mol. The van der Waals surface area contributed by atoms with Crippen molar-refractivity contribution in [3.8, 4) is 11.3 Å². The molecular weight excluding hydrogens is 418 g/mol. The van der Waals surface area contributed by atoms with Crippen LogP contribution in [0.1, 0.15) is 38.6 Å². The molecule has 8 rings (SSSR count). The van der Waals surface area contributed by atoms with Crippen LogP contribution < -0.4 is 11.3 Å². The minimum atomic E-state index is -0.667. The summed E-state index contributed by atoms with van der Waals surface area (Å²) < 4.78 is 9.57. The van der Waals surface area contributed by atoms with Gasteiger partial charge in [-0.15, -0.1) is 0 Å². The van der Waals surface area contributed by atoms with E-state index in [4.69, 9.17) is 15.6 Å². The summed E-state index contributed by atoms with van der Waals surface area (Å²) in [5, 5.41) is 17.5. The van der Waals surface area contributed by atoms with Crippen LogP contribution in [0, 0.1) is 0 Å². The number of aromatic nitrogens is 4. The molecule has 4 aliphatic rings. The lowest BCUT2D eigenvalue weighted by atomic mass is 9.77. The average Bonchev–Trinajstić information content (AvgIpc) is 3.45. The summed E-state index contributed by atoms with van der Waals surface area (Å²) >= 11 is 0. The largest absolute Gasteiger partial charge is 0.390 e. The van der Waals surface area contributed by atoms with Gasteiger partial charge < -0.3 is 20.1 Å². The lowest BCUT2D eigenvalue weighted by Crippen LogP contribution is -2.47. The SMILES string of the molecule is CC1(O)CC(n2nc(-c3ccc4ccn(C56COC(C5)C6)c(=O)c4c3)c3c(N)nccc32)C1. The first-order valence-electron chi connectivity index (χ1n) is 11.5. The van der Waals surface area contributed by atoms with Crippen LogP contribution in [0.2, 0.25) is 0 Å². The summed E-state index contributed by atoms with van der Waals surface area (Å²) in [4.78, 5) is 17.8. The van der Waals surface area contributed by atoms with E-state index in [0.29, 0.717) is 36.3 Å². The number of benzene rings is 1. The van der Waals surface area contributed by atoms with Crippen LogP contribution >= 0.6 is 0 Å². The topological polar surface area (TPSA) is 108 Å². The van der Waals surface area contributed by atoms with Gasteiger partial charge in [-0.1, -0.05) is 12.1 Å². The van der Waals surface area contributed by atoms with E-state index in [0.717, 1.165) is 34.7 Å². The smallest absolute Gasteiger partial charge is 0.259 e. The third-order valence-corrected chi connectivity index (χ3v) is 7.84. The number of pyridine rings is 2. The Morgan fingerprint density at radius 2 is 2.00 bits per heavy atom. The second-order valence-corrected chi connectivity index (χ2v) is 10.3. The number of rotatable bonds is 3. The van der Waals surface area contributed by atoms with Crippen LogP contribution in [-0.2, 0) is 10.3 Å². The molecule has 4 aromatic rings. The molecule has 2 saturated carbocycles. The van der Waals surface area contributed by atoms with Crippen molar-refractivity contribution in [3.63, 3.8) is 0 Å². The highest BCUT2D eigenvalue weighted by Gasteiger charge is 2.53. The van der Waals surface area contributed by atoms with Gasteiger partial charge in [0, 0.05) is 23.3 Å². The fourth-order valence-corrected chi connectivity index (χ4v) is 6.04. The molecule has 2 aliphatic carbocycles. The van der Waals surface area contributed by atoms with E-state index in [9.17, 15) is 9.90 Å².